The number of carbonyl (C=O) groups excluding carboxylic acids is 3. The Morgan fingerprint density at radius 1 is 0.868 bits per heavy atom. The van der Waals surface area contributed by atoms with Crippen LogP contribution in [0.4, 0.5) is 5.69 Å². The summed E-state index contributed by atoms with van der Waals surface area (Å²) in [4.78, 5) is 45.1. The number of hydrogen-bond acceptors (Lipinski definition) is 6. The Labute approximate surface area is 222 Å². The lowest BCUT2D eigenvalue weighted by Crippen LogP contribution is -2.26. The van der Waals surface area contributed by atoms with E-state index in [0.717, 1.165) is 0 Å². The van der Waals surface area contributed by atoms with Crippen molar-refractivity contribution in [3.8, 4) is 16.9 Å². The highest BCUT2D eigenvalue weighted by Gasteiger charge is 2.33. The number of para-hydroxylation sites is 1. The predicted molar refractivity (Wildman–Crippen MR) is 145 cm³/mol. The molecule has 1 amide bonds. The van der Waals surface area contributed by atoms with Crippen molar-refractivity contribution >= 4 is 46.0 Å². The van der Waals surface area contributed by atoms with Crippen molar-refractivity contribution in [1.82, 2.24) is 14.8 Å². The summed E-state index contributed by atoms with van der Waals surface area (Å²) in [6, 6.07) is 24.5. The Morgan fingerprint density at radius 2 is 1.50 bits per heavy atom. The van der Waals surface area contributed by atoms with E-state index in [9.17, 15) is 14.4 Å². The van der Waals surface area contributed by atoms with E-state index in [1.165, 1.54) is 7.11 Å². The Hall–Kier alpha value is -4.82. The molecule has 0 spiro atoms. The molecule has 9 heteroatoms. The van der Waals surface area contributed by atoms with Gasteiger partial charge in [-0.15, -0.1) is 0 Å². The van der Waals surface area contributed by atoms with Crippen molar-refractivity contribution in [2.45, 2.75) is 6.92 Å². The van der Waals surface area contributed by atoms with E-state index < -0.39 is 17.7 Å². The first kappa shape index (κ1) is 24.9. The standard InChI is InChI=1S/C29H21ClN4O4/c1-17-22-23(29(37)38-2)24(26(35)28(36)31-20-15-13-19(30)14-16-20)25(18-9-5-3-6-10-18)32-27(22)34(33-17)21-11-7-4-8-12-21/h3-16H,1-2H3,(H,31,36). The quantitative estimate of drug-likeness (QED) is 0.175. The molecule has 0 unspecified atom stereocenters. The lowest BCUT2D eigenvalue weighted by molar-refractivity contribution is -0.112. The molecule has 1 N–H and O–H groups in total. The van der Waals surface area contributed by atoms with E-state index in [1.54, 1.807) is 60.1 Å². The largest absolute Gasteiger partial charge is 0.465 e. The first-order valence-electron chi connectivity index (χ1n) is 11.6. The average Bonchev–Trinajstić information content (AvgIpc) is 3.29. The fourth-order valence-electron chi connectivity index (χ4n) is 4.23. The highest BCUT2D eigenvalue weighted by atomic mass is 35.5. The van der Waals surface area contributed by atoms with Crippen LogP contribution in [0, 0.1) is 6.92 Å². The van der Waals surface area contributed by atoms with Gasteiger partial charge in [-0.05, 0) is 43.3 Å². The fourth-order valence-corrected chi connectivity index (χ4v) is 4.36. The number of fused-ring (bicyclic) bond motifs is 1. The van der Waals surface area contributed by atoms with Crippen LogP contribution in [0.2, 0.25) is 5.02 Å². The minimum Gasteiger partial charge on any atom is -0.465 e. The number of pyridine rings is 1. The van der Waals surface area contributed by atoms with Gasteiger partial charge in [0.05, 0.1) is 40.7 Å². The van der Waals surface area contributed by atoms with E-state index in [-0.39, 0.29) is 16.8 Å². The number of nitrogens with one attached hydrogen (secondary N) is 1. The van der Waals surface area contributed by atoms with Crippen molar-refractivity contribution in [3.05, 3.63) is 107 Å². The monoisotopic (exact) mass is 524 g/mol. The van der Waals surface area contributed by atoms with Gasteiger partial charge in [0.15, 0.2) is 5.65 Å². The van der Waals surface area contributed by atoms with Gasteiger partial charge < -0.3 is 10.1 Å². The molecule has 0 atom stereocenters. The molecule has 0 bridgehead atoms. The van der Waals surface area contributed by atoms with Gasteiger partial charge in [0, 0.05) is 16.3 Å². The van der Waals surface area contributed by atoms with Crippen molar-refractivity contribution < 1.29 is 19.1 Å². The summed E-state index contributed by atoms with van der Waals surface area (Å²) < 4.78 is 6.71. The molecule has 0 aliphatic heterocycles. The number of aryl methyl sites for hydroxylation is 1. The van der Waals surface area contributed by atoms with E-state index in [2.05, 4.69) is 10.4 Å². The van der Waals surface area contributed by atoms with Gasteiger partial charge in [0.2, 0.25) is 0 Å². The van der Waals surface area contributed by atoms with E-state index >= 15 is 0 Å². The molecule has 3 aromatic carbocycles. The number of ketones is 1. The molecular formula is C29H21ClN4O4. The fraction of sp³-hybridized carbons (Fsp3) is 0.0690. The van der Waals surface area contributed by atoms with Crippen LogP contribution in [-0.4, -0.2) is 39.5 Å². The molecular weight excluding hydrogens is 504 g/mol. The predicted octanol–water partition coefficient (Wildman–Crippen LogP) is 5.66. The number of esters is 1. The summed E-state index contributed by atoms with van der Waals surface area (Å²) in [5.74, 6) is -2.67. The third kappa shape index (κ3) is 4.53. The summed E-state index contributed by atoms with van der Waals surface area (Å²) in [7, 11) is 1.22. The molecule has 5 aromatic rings. The Kier molecular flexibility index (Phi) is 6.72. The summed E-state index contributed by atoms with van der Waals surface area (Å²) in [6.45, 7) is 1.71. The van der Waals surface area contributed by atoms with E-state index in [1.807, 2.05) is 36.4 Å². The normalized spacial score (nSPS) is 10.8. The highest BCUT2D eigenvalue weighted by molar-refractivity contribution is 6.49. The number of carbonyl (C=O) groups is 3. The molecule has 38 heavy (non-hydrogen) atoms. The van der Waals surface area contributed by atoms with Gasteiger partial charge in [-0.3, -0.25) is 9.59 Å². The number of nitrogens with zero attached hydrogens (tertiary/aromatic N) is 3. The number of halogens is 1. The zero-order valence-corrected chi connectivity index (χ0v) is 21.2. The Bertz CT molecular complexity index is 1680. The average molecular weight is 525 g/mol. The van der Waals surface area contributed by atoms with Crippen LogP contribution < -0.4 is 5.32 Å². The zero-order chi connectivity index (χ0) is 26.8. The number of benzene rings is 3. The number of aromatic nitrogens is 3. The van der Waals surface area contributed by atoms with Crippen LogP contribution in [0.15, 0.2) is 84.9 Å². The van der Waals surface area contributed by atoms with Crippen molar-refractivity contribution in [1.29, 1.82) is 0 Å². The first-order chi connectivity index (χ1) is 18.4. The molecule has 0 aliphatic carbocycles. The summed E-state index contributed by atoms with van der Waals surface area (Å²) in [6.07, 6.45) is 0. The number of ether oxygens (including phenoxy) is 1. The number of amides is 1. The van der Waals surface area contributed by atoms with Crippen molar-refractivity contribution in [2.24, 2.45) is 0 Å². The van der Waals surface area contributed by atoms with Gasteiger partial charge in [0.1, 0.15) is 0 Å². The van der Waals surface area contributed by atoms with Gasteiger partial charge in [-0.2, -0.15) is 5.10 Å². The molecule has 0 fully saturated rings. The second-order valence-corrected chi connectivity index (χ2v) is 8.83. The molecule has 8 nitrogen and oxygen atoms in total. The summed E-state index contributed by atoms with van der Waals surface area (Å²) in [5.41, 5.74) is 2.34. The molecule has 0 radical (unpaired) electrons. The maximum absolute atomic E-state index is 13.8. The maximum atomic E-state index is 13.8. The summed E-state index contributed by atoms with van der Waals surface area (Å²) >= 11 is 5.94. The number of rotatable bonds is 6. The molecule has 5 rings (SSSR count). The second-order valence-electron chi connectivity index (χ2n) is 8.39. The topological polar surface area (TPSA) is 103 Å². The van der Waals surface area contributed by atoms with Crippen LogP contribution in [0.3, 0.4) is 0 Å². The highest BCUT2D eigenvalue weighted by Crippen LogP contribution is 2.34. The van der Waals surface area contributed by atoms with Gasteiger partial charge in [-0.25, -0.2) is 14.5 Å². The minimum absolute atomic E-state index is 0.0766. The second kappa shape index (κ2) is 10.3. The van der Waals surface area contributed by atoms with Crippen LogP contribution in [0.5, 0.6) is 0 Å². The summed E-state index contributed by atoms with van der Waals surface area (Å²) in [5, 5.41) is 7.99. The number of methoxy groups -OCH3 is 1. The molecule has 188 valence electrons. The smallest absolute Gasteiger partial charge is 0.339 e. The van der Waals surface area contributed by atoms with E-state index in [0.29, 0.717) is 38.7 Å². The Balaban J connectivity index is 1.79. The lowest BCUT2D eigenvalue weighted by atomic mass is 9.94. The van der Waals surface area contributed by atoms with E-state index in [4.69, 9.17) is 21.3 Å². The third-order valence-corrected chi connectivity index (χ3v) is 6.22. The van der Waals surface area contributed by atoms with Crippen LogP contribution in [0.25, 0.3) is 28.0 Å². The van der Waals surface area contributed by atoms with Crippen molar-refractivity contribution in [3.63, 3.8) is 0 Å². The number of hydrogen-bond donors (Lipinski definition) is 1. The Morgan fingerprint density at radius 3 is 2.13 bits per heavy atom. The maximum Gasteiger partial charge on any atom is 0.339 e. The molecule has 2 heterocycles. The number of anilines is 1. The SMILES string of the molecule is COC(=O)c1c(C(=O)C(=O)Nc2ccc(Cl)cc2)c(-c2ccccc2)nc2c1c(C)nn2-c1ccccc1. The molecule has 0 saturated carbocycles. The third-order valence-electron chi connectivity index (χ3n) is 5.96. The molecule has 0 aliphatic rings. The van der Waals surface area contributed by atoms with Gasteiger partial charge >= 0.3 is 5.97 Å². The lowest BCUT2D eigenvalue weighted by Gasteiger charge is -2.15. The minimum atomic E-state index is -0.944. The van der Waals surface area contributed by atoms with Crippen LogP contribution >= 0.6 is 11.6 Å². The van der Waals surface area contributed by atoms with Crippen LogP contribution in [0.1, 0.15) is 26.4 Å². The van der Waals surface area contributed by atoms with Gasteiger partial charge in [0.25, 0.3) is 11.7 Å². The molecule has 0 saturated heterocycles. The van der Waals surface area contributed by atoms with Crippen LogP contribution in [-0.2, 0) is 9.53 Å². The molecule has 2 aromatic heterocycles. The van der Waals surface area contributed by atoms with Gasteiger partial charge in [-0.1, -0.05) is 60.1 Å². The number of Topliss-reactive ketones (excluding diaryl/α,β-unsaturated/α-hetero) is 1. The zero-order valence-electron chi connectivity index (χ0n) is 20.4. The van der Waals surface area contributed by atoms with Crippen molar-refractivity contribution in [2.75, 3.05) is 12.4 Å². The first-order valence-corrected chi connectivity index (χ1v) is 12.0.